The molecule has 0 saturated heterocycles. The number of carbonyl (C=O) groups is 1. The summed E-state index contributed by atoms with van der Waals surface area (Å²) in [6.07, 6.45) is 0.860. The summed E-state index contributed by atoms with van der Waals surface area (Å²) >= 11 is 6.30. The molecule has 1 unspecified atom stereocenters. The molecule has 1 heterocycles. The van der Waals surface area contributed by atoms with Crippen molar-refractivity contribution < 1.29 is 9.53 Å². The van der Waals surface area contributed by atoms with Crippen LogP contribution in [0, 0.1) is 0 Å². The second-order valence-electron chi connectivity index (χ2n) is 5.01. The topological polar surface area (TPSA) is 38.3 Å². The van der Waals surface area contributed by atoms with E-state index in [1.807, 2.05) is 42.5 Å². The third kappa shape index (κ3) is 3.19. The van der Waals surface area contributed by atoms with E-state index in [9.17, 15) is 4.79 Å². The maximum atomic E-state index is 12.2. The minimum atomic E-state index is -0.229. The Hall–Kier alpha value is -2.00. The lowest BCUT2D eigenvalue weighted by Gasteiger charge is -2.11. The first-order valence-electron chi connectivity index (χ1n) is 6.97. The molecule has 0 aromatic heterocycles. The Morgan fingerprint density at radius 2 is 2.05 bits per heavy atom. The first-order valence-corrected chi connectivity index (χ1v) is 7.40. The molecule has 21 heavy (non-hydrogen) atoms. The number of hydrogen-bond acceptors (Lipinski definition) is 2. The van der Waals surface area contributed by atoms with Crippen LogP contribution in [0.15, 0.2) is 48.5 Å². The molecular weight excluding hydrogens is 286 g/mol. The molecule has 108 valence electrons. The largest absolute Gasteiger partial charge is 0.493 e. The Morgan fingerprint density at radius 3 is 2.86 bits per heavy atom. The number of carbonyl (C=O) groups excluding carboxylic acids is 1. The third-order valence-electron chi connectivity index (χ3n) is 3.55. The number of ether oxygens (including phenoxy) is 1. The first kappa shape index (κ1) is 14.0. The Morgan fingerprint density at radius 1 is 1.24 bits per heavy atom. The van der Waals surface area contributed by atoms with Crippen molar-refractivity contribution in [1.29, 1.82) is 0 Å². The van der Waals surface area contributed by atoms with Gasteiger partial charge in [0.25, 0.3) is 5.91 Å². The van der Waals surface area contributed by atoms with Crippen molar-refractivity contribution in [2.45, 2.75) is 11.8 Å². The van der Waals surface area contributed by atoms with Crippen LogP contribution in [0.5, 0.6) is 5.75 Å². The van der Waals surface area contributed by atoms with Crippen LogP contribution in [-0.2, 0) is 6.42 Å². The molecule has 1 atom stereocenters. The molecule has 1 amide bonds. The van der Waals surface area contributed by atoms with E-state index in [0.29, 0.717) is 18.7 Å². The van der Waals surface area contributed by atoms with Gasteiger partial charge >= 0.3 is 0 Å². The molecule has 0 bridgehead atoms. The van der Waals surface area contributed by atoms with Gasteiger partial charge in [-0.1, -0.05) is 30.3 Å². The van der Waals surface area contributed by atoms with Gasteiger partial charge in [-0.15, -0.1) is 11.6 Å². The number of halogens is 1. The quantitative estimate of drug-likeness (QED) is 0.880. The lowest BCUT2D eigenvalue weighted by atomic mass is 10.1. The SMILES string of the molecule is O=C(NCC(Cl)c1ccccc1)c1ccc2c(c1)CCO2. The smallest absolute Gasteiger partial charge is 0.251 e. The average molecular weight is 302 g/mol. The van der Waals surface area contributed by atoms with Crippen molar-refractivity contribution in [3.05, 3.63) is 65.2 Å². The number of hydrogen-bond donors (Lipinski definition) is 1. The lowest BCUT2D eigenvalue weighted by molar-refractivity contribution is 0.0953. The van der Waals surface area contributed by atoms with E-state index in [1.54, 1.807) is 6.07 Å². The molecule has 0 saturated carbocycles. The highest BCUT2D eigenvalue weighted by Crippen LogP contribution is 2.26. The zero-order valence-corrected chi connectivity index (χ0v) is 12.3. The molecule has 2 aromatic rings. The molecule has 1 aliphatic heterocycles. The van der Waals surface area contributed by atoms with Crippen LogP contribution in [0.3, 0.4) is 0 Å². The summed E-state index contributed by atoms with van der Waals surface area (Å²) in [6.45, 7) is 1.09. The molecule has 0 fully saturated rings. The monoisotopic (exact) mass is 301 g/mol. The summed E-state index contributed by atoms with van der Waals surface area (Å²) in [5.41, 5.74) is 2.74. The van der Waals surface area contributed by atoms with Crippen LogP contribution in [0.25, 0.3) is 0 Å². The Balaban J connectivity index is 1.62. The molecule has 1 N–H and O–H groups in total. The Bertz CT molecular complexity index is 642. The van der Waals surface area contributed by atoms with Crippen LogP contribution in [0.4, 0.5) is 0 Å². The fourth-order valence-corrected chi connectivity index (χ4v) is 2.61. The highest BCUT2D eigenvalue weighted by molar-refractivity contribution is 6.21. The van der Waals surface area contributed by atoms with Crippen molar-refractivity contribution in [2.24, 2.45) is 0 Å². The van der Waals surface area contributed by atoms with Crippen molar-refractivity contribution in [3.8, 4) is 5.75 Å². The number of benzene rings is 2. The second-order valence-corrected chi connectivity index (χ2v) is 5.54. The highest BCUT2D eigenvalue weighted by atomic mass is 35.5. The summed E-state index contributed by atoms with van der Waals surface area (Å²) < 4.78 is 5.44. The third-order valence-corrected chi connectivity index (χ3v) is 3.96. The van der Waals surface area contributed by atoms with Crippen LogP contribution in [0.1, 0.15) is 26.9 Å². The van der Waals surface area contributed by atoms with Crippen LogP contribution in [0.2, 0.25) is 0 Å². The standard InChI is InChI=1S/C17H16ClNO2/c18-15(12-4-2-1-3-5-12)11-19-17(20)14-6-7-16-13(10-14)8-9-21-16/h1-7,10,15H,8-9,11H2,(H,19,20). The molecule has 3 rings (SSSR count). The molecular formula is C17H16ClNO2. The Labute approximate surface area is 128 Å². The highest BCUT2D eigenvalue weighted by Gasteiger charge is 2.16. The molecule has 0 spiro atoms. The van der Waals surface area contributed by atoms with Gasteiger partial charge in [-0.25, -0.2) is 0 Å². The number of amides is 1. The van der Waals surface area contributed by atoms with Crippen LogP contribution >= 0.6 is 11.6 Å². The second kappa shape index (κ2) is 6.19. The number of nitrogens with one attached hydrogen (secondary N) is 1. The zero-order chi connectivity index (χ0) is 14.7. The molecule has 4 heteroatoms. The normalized spacial score (nSPS) is 14.1. The predicted octanol–water partition coefficient (Wildman–Crippen LogP) is 3.33. The van der Waals surface area contributed by atoms with Gasteiger partial charge in [0.15, 0.2) is 0 Å². The van der Waals surface area contributed by atoms with Gasteiger partial charge in [0.2, 0.25) is 0 Å². The van der Waals surface area contributed by atoms with E-state index in [1.165, 1.54) is 0 Å². The maximum absolute atomic E-state index is 12.2. The van der Waals surface area contributed by atoms with E-state index in [0.717, 1.165) is 23.3 Å². The van der Waals surface area contributed by atoms with Crippen molar-refractivity contribution in [1.82, 2.24) is 5.32 Å². The Kier molecular flexibility index (Phi) is 4.11. The van der Waals surface area contributed by atoms with Crippen LogP contribution < -0.4 is 10.1 Å². The lowest BCUT2D eigenvalue weighted by Crippen LogP contribution is -2.26. The van der Waals surface area contributed by atoms with Gasteiger partial charge in [0.1, 0.15) is 5.75 Å². The van der Waals surface area contributed by atoms with Gasteiger partial charge in [-0.05, 0) is 29.3 Å². The zero-order valence-electron chi connectivity index (χ0n) is 11.5. The fourth-order valence-electron chi connectivity index (χ4n) is 2.39. The van der Waals surface area contributed by atoms with E-state index < -0.39 is 0 Å². The molecule has 1 aliphatic rings. The number of alkyl halides is 1. The van der Waals surface area contributed by atoms with E-state index in [2.05, 4.69) is 5.32 Å². The predicted molar refractivity (Wildman–Crippen MR) is 83.0 cm³/mol. The molecule has 0 aliphatic carbocycles. The van der Waals surface area contributed by atoms with Gasteiger partial charge in [0.05, 0.1) is 12.0 Å². The van der Waals surface area contributed by atoms with Crippen molar-refractivity contribution in [3.63, 3.8) is 0 Å². The molecule has 0 radical (unpaired) electrons. The maximum Gasteiger partial charge on any atom is 0.251 e. The summed E-state index contributed by atoms with van der Waals surface area (Å²) in [5.74, 6) is 0.775. The minimum Gasteiger partial charge on any atom is -0.493 e. The van der Waals surface area contributed by atoms with Crippen LogP contribution in [-0.4, -0.2) is 19.1 Å². The molecule has 3 nitrogen and oxygen atoms in total. The van der Waals surface area contributed by atoms with Gasteiger partial charge in [-0.3, -0.25) is 4.79 Å². The number of fused-ring (bicyclic) bond motifs is 1. The minimum absolute atomic E-state index is 0.105. The van der Waals surface area contributed by atoms with Crippen molar-refractivity contribution >= 4 is 17.5 Å². The van der Waals surface area contributed by atoms with Gasteiger partial charge in [-0.2, -0.15) is 0 Å². The summed E-state index contributed by atoms with van der Waals surface area (Å²) in [6, 6.07) is 15.3. The molecule has 2 aromatic carbocycles. The van der Waals surface area contributed by atoms with E-state index >= 15 is 0 Å². The van der Waals surface area contributed by atoms with E-state index in [4.69, 9.17) is 16.3 Å². The first-order chi connectivity index (χ1) is 10.2. The number of rotatable bonds is 4. The van der Waals surface area contributed by atoms with Gasteiger partial charge < -0.3 is 10.1 Å². The summed E-state index contributed by atoms with van der Waals surface area (Å²) in [7, 11) is 0. The average Bonchev–Trinajstić information content (AvgIpc) is 3.00. The summed E-state index contributed by atoms with van der Waals surface area (Å²) in [5, 5.41) is 2.65. The van der Waals surface area contributed by atoms with Crippen molar-refractivity contribution in [2.75, 3.05) is 13.2 Å². The fraction of sp³-hybridized carbons (Fsp3) is 0.235. The van der Waals surface area contributed by atoms with Gasteiger partial charge in [0, 0.05) is 18.5 Å². The van der Waals surface area contributed by atoms with E-state index in [-0.39, 0.29) is 11.3 Å². The summed E-state index contributed by atoms with van der Waals surface area (Å²) in [4.78, 5) is 12.2.